The third-order valence-electron chi connectivity index (χ3n) is 7.05. The van der Waals surface area contributed by atoms with Crippen LogP contribution in [-0.2, 0) is 18.0 Å². The zero-order valence-corrected chi connectivity index (χ0v) is 23.2. The number of aromatic nitrogens is 2. The molecule has 3 aromatic carbocycles. The molecule has 1 aliphatic heterocycles. The van der Waals surface area contributed by atoms with E-state index in [2.05, 4.69) is 23.8 Å². The van der Waals surface area contributed by atoms with E-state index in [0.29, 0.717) is 12.1 Å². The molecule has 220 valence electrons. The third kappa shape index (κ3) is 5.53. The normalized spacial score (nSPS) is 15.1. The maximum atomic E-state index is 14.4. The van der Waals surface area contributed by atoms with Gasteiger partial charge in [-0.15, -0.1) is 0 Å². The Kier molecular flexibility index (Phi) is 7.76. The Labute approximate surface area is 255 Å². The van der Waals surface area contributed by atoms with Crippen molar-refractivity contribution in [2.45, 2.75) is 30.4 Å². The standard InChI is InChI=1S/C28H18B3ClF7N5/c1-11(13-5-14(27(37,38)39)7-16(34)6-13)41-19-9-20-25(44(28(29,30)31)26(40)43(20)10-21(35)36)22-12(2)42-24(23(19)22)17-8-15(33)3-4-18(17)32/h3-9,21,24,40-42H,1-2,10H2. The van der Waals surface area contributed by atoms with Gasteiger partial charge in [0.1, 0.15) is 11.6 Å². The summed E-state index contributed by atoms with van der Waals surface area (Å²) in [4.78, 5) is 0. The lowest BCUT2D eigenvalue weighted by atomic mass is 9.49. The number of alkyl halides is 5. The highest BCUT2D eigenvalue weighted by molar-refractivity contribution is 6.56. The van der Waals surface area contributed by atoms with E-state index in [4.69, 9.17) is 40.5 Å². The predicted octanol–water partition coefficient (Wildman–Crippen LogP) is 5.96. The summed E-state index contributed by atoms with van der Waals surface area (Å²) in [6.45, 7) is 6.78. The van der Waals surface area contributed by atoms with Crippen LogP contribution in [0.2, 0.25) is 5.02 Å². The summed E-state index contributed by atoms with van der Waals surface area (Å²) in [7, 11) is 17.9. The highest BCUT2D eigenvalue weighted by atomic mass is 35.5. The lowest BCUT2D eigenvalue weighted by Gasteiger charge is -2.25. The van der Waals surface area contributed by atoms with E-state index in [1.165, 1.54) is 12.1 Å². The zero-order valence-electron chi connectivity index (χ0n) is 22.5. The van der Waals surface area contributed by atoms with Crippen molar-refractivity contribution in [3.63, 3.8) is 0 Å². The fourth-order valence-corrected chi connectivity index (χ4v) is 5.53. The molecule has 5 rings (SSSR count). The molecule has 5 nitrogen and oxygen atoms in total. The van der Waals surface area contributed by atoms with Gasteiger partial charge in [0.2, 0.25) is 5.62 Å². The second-order valence-electron chi connectivity index (χ2n) is 10.2. The van der Waals surface area contributed by atoms with E-state index in [1.54, 1.807) is 0 Å². The second-order valence-corrected chi connectivity index (χ2v) is 10.6. The summed E-state index contributed by atoms with van der Waals surface area (Å²) in [6.07, 6.45) is -7.82. The van der Waals surface area contributed by atoms with Crippen LogP contribution < -0.4 is 16.3 Å². The maximum Gasteiger partial charge on any atom is 0.416 e. The second kappa shape index (κ2) is 10.9. The number of hydrogen-bond donors (Lipinski definition) is 3. The molecule has 3 N–H and O–H groups in total. The van der Waals surface area contributed by atoms with Crippen molar-refractivity contribution < 1.29 is 30.7 Å². The number of imidazole rings is 1. The number of nitrogens with zero attached hydrogens (tertiary/aromatic N) is 2. The lowest BCUT2D eigenvalue weighted by molar-refractivity contribution is -0.137. The highest BCUT2D eigenvalue weighted by Gasteiger charge is 2.37. The minimum Gasteiger partial charge on any atom is -0.374 e. The fraction of sp³-hybridized carbons (Fsp3) is 0.179. The van der Waals surface area contributed by atoms with Crippen LogP contribution in [0.25, 0.3) is 22.4 Å². The van der Waals surface area contributed by atoms with E-state index in [0.717, 1.165) is 27.3 Å². The van der Waals surface area contributed by atoms with Crippen molar-refractivity contribution in [2.75, 3.05) is 5.32 Å². The summed E-state index contributed by atoms with van der Waals surface area (Å²) in [6, 6.07) is 5.70. The molecule has 4 aromatic rings. The quantitative estimate of drug-likeness (QED) is 0.176. The van der Waals surface area contributed by atoms with Gasteiger partial charge >= 0.3 is 6.18 Å². The van der Waals surface area contributed by atoms with E-state index >= 15 is 0 Å². The molecule has 1 unspecified atom stereocenters. The summed E-state index contributed by atoms with van der Waals surface area (Å²) < 4.78 is 98.2. The number of nitrogens with one attached hydrogen (secondary N) is 3. The first-order chi connectivity index (χ1) is 20.4. The number of halogens is 8. The molecule has 0 saturated heterocycles. The van der Waals surface area contributed by atoms with Crippen molar-refractivity contribution in [1.82, 2.24) is 14.5 Å². The predicted molar refractivity (Wildman–Crippen MR) is 157 cm³/mol. The molecular weight excluding hydrogens is 607 g/mol. The van der Waals surface area contributed by atoms with Crippen LogP contribution in [0.3, 0.4) is 0 Å². The van der Waals surface area contributed by atoms with E-state index < -0.39 is 53.2 Å². The van der Waals surface area contributed by atoms with E-state index in [1.807, 2.05) is 0 Å². The average Bonchev–Trinajstić information content (AvgIpc) is 3.38. The van der Waals surface area contributed by atoms with Crippen molar-refractivity contribution in [3.05, 3.63) is 106 Å². The van der Waals surface area contributed by atoms with E-state index in [9.17, 15) is 30.7 Å². The van der Waals surface area contributed by atoms with Gasteiger partial charge in [0, 0.05) is 44.4 Å². The van der Waals surface area contributed by atoms with Crippen LogP contribution in [0.4, 0.5) is 36.4 Å². The van der Waals surface area contributed by atoms with Gasteiger partial charge in [0.15, 0.2) is 0 Å². The smallest absolute Gasteiger partial charge is 0.374 e. The SMILES string of the molecule is [B]C([B])([B])n1c(=N)n(CC(F)F)c2cc(NC(=C)c3cc(F)cc(C(F)(F)F)c3)c3c(c21)C(=C)NC3c1cc(F)ccc1Cl. The number of fused-ring (bicyclic) bond motifs is 3. The van der Waals surface area contributed by atoms with Gasteiger partial charge in [-0.1, -0.05) is 30.0 Å². The molecule has 0 spiro atoms. The minimum atomic E-state index is -4.87. The van der Waals surface area contributed by atoms with Gasteiger partial charge < -0.3 is 19.8 Å². The molecule has 1 aliphatic rings. The van der Waals surface area contributed by atoms with Crippen LogP contribution in [0, 0.1) is 17.0 Å². The Hall–Kier alpha value is -4.00. The van der Waals surface area contributed by atoms with Gasteiger partial charge in [-0.05, 0) is 42.5 Å². The zero-order chi connectivity index (χ0) is 32.5. The van der Waals surface area contributed by atoms with Gasteiger partial charge in [-0.2, -0.15) is 13.2 Å². The third-order valence-corrected chi connectivity index (χ3v) is 7.39. The Bertz CT molecular complexity index is 1910. The summed E-state index contributed by atoms with van der Waals surface area (Å²) in [5.41, 5.74) is -1.63. The molecule has 16 heteroatoms. The Morgan fingerprint density at radius 2 is 1.75 bits per heavy atom. The van der Waals surface area contributed by atoms with E-state index in [-0.39, 0.29) is 55.4 Å². The van der Waals surface area contributed by atoms with Gasteiger partial charge in [0.05, 0.1) is 52.7 Å². The molecule has 1 aromatic heterocycles. The molecule has 2 heterocycles. The molecular formula is C28H18B3ClF7N5. The topological polar surface area (TPSA) is 57.8 Å². The number of anilines is 1. The van der Waals surface area contributed by atoms with Crippen LogP contribution >= 0.6 is 11.6 Å². The van der Waals surface area contributed by atoms with Gasteiger partial charge in [-0.3, -0.25) is 5.41 Å². The Morgan fingerprint density at radius 3 is 2.36 bits per heavy atom. The number of hydrogen-bond acceptors (Lipinski definition) is 3. The first-order valence-corrected chi connectivity index (χ1v) is 13.0. The highest BCUT2D eigenvalue weighted by Crippen LogP contribution is 2.47. The van der Waals surface area contributed by atoms with Crippen LogP contribution in [0.5, 0.6) is 0 Å². The molecule has 6 radical (unpaired) electrons. The largest absolute Gasteiger partial charge is 0.416 e. The van der Waals surface area contributed by atoms with Crippen LogP contribution in [0.15, 0.2) is 55.6 Å². The van der Waals surface area contributed by atoms with Gasteiger partial charge in [-0.25, -0.2) is 17.6 Å². The number of benzene rings is 3. The Balaban J connectivity index is 1.83. The fourth-order valence-electron chi connectivity index (χ4n) is 5.30. The summed E-state index contributed by atoms with van der Waals surface area (Å²) >= 11 is 6.43. The molecule has 44 heavy (non-hydrogen) atoms. The summed E-state index contributed by atoms with van der Waals surface area (Å²) in [5.74, 6) is -1.84. The molecule has 0 amide bonds. The van der Waals surface area contributed by atoms with Crippen molar-refractivity contribution in [1.29, 1.82) is 5.41 Å². The first-order valence-electron chi connectivity index (χ1n) is 12.6. The van der Waals surface area contributed by atoms with Crippen LogP contribution in [0.1, 0.15) is 33.9 Å². The number of rotatable bonds is 7. The summed E-state index contributed by atoms with van der Waals surface area (Å²) in [5, 5.41) is 12.4. The molecule has 1 atom stereocenters. The minimum absolute atomic E-state index is 0.00644. The molecule has 0 saturated carbocycles. The van der Waals surface area contributed by atoms with Crippen molar-refractivity contribution >= 4 is 63.3 Å². The lowest BCUT2D eigenvalue weighted by Crippen LogP contribution is -2.43. The van der Waals surface area contributed by atoms with Crippen molar-refractivity contribution in [2.24, 2.45) is 0 Å². The van der Waals surface area contributed by atoms with Crippen molar-refractivity contribution in [3.8, 4) is 0 Å². The first kappa shape index (κ1) is 31.4. The molecule has 0 bridgehead atoms. The van der Waals surface area contributed by atoms with Crippen LogP contribution in [-0.4, -0.2) is 39.1 Å². The molecule has 0 fully saturated rings. The molecule has 0 aliphatic carbocycles. The Morgan fingerprint density at radius 1 is 1.07 bits per heavy atom. The maximum absolute atomic E-state index is 14.4. The monoisotopic (exact) mass is 625 g/mol. The van der Waals surface area contributed by atoms with Gasteiger partial charge in [0.25, 0.3) is 6.43 Å². The average molecular weight is 625 g/mol.